The number of amides is 1. The largest absolute Gasteiger partial charge is 0.435 e. The maximum absolute atomic E-state index is 12.8. The number of halogens is 1. The minimum Gasteiger partial charge on any atom is -0.435 e. The molecule has 2 heterocycles. The van der Waals surface area contributed by atoms with Crippen molar-refractivity contribution in [1.82, 2.24) is 15.3 Å². The first-order valence-electron chi connectivity index (χ1n) is 8.70. The predicted molar refractivity (Wildman–Crippen MR) is 108 cm³/mol. The van der Waals surface area contributed by atoms with Gasteiger partial charge in [0.1, 0.15) is 0 Å². The van der Waals surface area contributed by atoms with Crippen molar-refractivity contribution in [3.05, 3.63) is 95.4 Å². The Kier molecular flexibility index (Phi) is 5.17. The quantitative estimate of drug-likeness (QED) is 0.522. The van der Waals surface area contributed by atoms with E-state index in [4.69, 9.17) is 16.0 Å². The van der Waals surface area contributed by atoms with Gasteiger partial charge in [-0.05, 0) is 42.0 Å². The third-order valence-electron chi connectivity index (χ3n) is 4.17. The van der Waals surface area contributed by atoms with Gasteiger partial charge in [0, 0.05) is 35.1 Å². The predicted octanol–water partition coefficient (Wildman–Crippen LogP) is 4.99. The summed E-state index contributed by atoms with van der Waals surface area (Å²) >= 11 is 5.91. The summed E-state index contributed by atoms with van der Waals surface area (Å²) in [5.41, 5.74) is 2.71. The zero-order chi connectivity index (χ0) is 19.3. The van der Waals surface area contributed by atoms with Crippen molar-refractivity contribution in [1.29, 1.82) is 0 Å². The van der Waals surface area contributed by atoms with Gasteiger partial charge >= 0.3 is 0 Å². The summed E-state index contributed by atoms with van der Waals surface area (Å²) in [6.07, 6.45) is 3.30. The van der Waals surface area contributed by atoms with Crippen LogP contribution >= 0.6 is 11.6 Å². The number of aromatic nitrogens is 2. The molecule has 4 aromatic rings. The Balaban J connectivity index is 1.65. The number of pyridine rings is 1. The summed E-state index contributed by atoms with van der Waals surface area (Å²) < 4.78 is 5.96. The zero-order valence-electron chi connectivity index (χ0n) is 14.8. The van der Waals surface area contributed by atoms with E-state index in [1.54, 1.807) is 36.7 Å². The van der Waals surface area contributed by atoms with E-state index in [2.05, 4.69) is 15.3 Å². The smallest absolute Gasteiger partial charge is 0.274 e. The van der Waals surface area contributed by atoms with E-state index in [0.717, 1.165) is 16.7 Å². The highest BCUT2D eigenvalue weighted by molar-refractivity contribution is 6.30. The summed E-state index contributed by atoms with van der Waals surface area (Å²) in [5.74, 6) is 0.492. The van der Waals surface area contributed by atoms with Gasteiger partial charge in [-0.25, -0.2) is 4.98 Å². The maximum atomic E-state index is 12.8. The SMILES string of the molecule is O=C(NCc1ccc(Cl)cc1)c1nc(-c2ccccc2)oc1-c1ccncc1. The zero-order valence-corrected chi connectivity index (χ0v) is 15.6. The van der Waals surface area contributed by atoms with Crippen molar-refractivity contribution >= 4 is 17.5 Å². The van der Waals surface area contributed by atoms with Crippen molar-refractivity contribution in [3.8, 4) is 22.8 Å². The van der Waals surface area contributed by atoms with Gasteiger partial charge < -0.3 is 9.73 Å². The molecule has 28 heavy (non-hydrogen) atoms. The minimum atomic E-state index is -0.312. The molecule has 4 rings (SSSR count). The lowest BCUT2D eigenvalue weighted by Gasteiger charge is -2.05. The molecule has 6 heteroatoms. The average molecular weight is 390 g/mol. The molecular weight excluding hydrogens is 374 g/mol. The molecule has 0 bridgehead atoms. The van der Waals surface area contributed by atoms with Crippen LogP contribution in [-0.4, -0.2) is 15.9 Å². The van der Waals surface area contributed by atoms with Gasteiger partial charge in [0.15, 0.2) is 11.5 Å². The summed E-state index contributed by atoms with van der Waals surface area (Å²) in [6, 6.07) is 20.3. The third kappa shape index (κ3) is 3.94. The molecule has 5 nitrogen and oxygen atoms in total. The summed E-state index contributed by atoms with van der Waals surface area (Å²) in [7, 11) is 0. The van der Waals surface area contributed by atoms with Crippen molar-refractivity contribution in [2.24, 2.45) is 0 Å². The van der Waals surface area contributed by atoms with Crippen LogP contribution in [0.2, 0.25) is 5.02 Å². The normalized spacial score (nSPS) is 10.6. The molecule has 0 aliphatic rings. The summed E-state index contributed by atoms with van der Waals surface area (Å²) in [4.78, 5) is 21.3. The summed E-state index contributed by atoms with van der Waals surface area (Å²) in [5, 5.41) is 3.54. The van der Waals surface area contributed by atoms with E-state index < -0.39 is 0 Å². The number of hydrogen-bond acceptors (Lipinski definition) is 4. The highest BCUT2D eigenvalue weighted by atomic mass is 35.5. The molecule has 0 spiro atoms. The van der Waals surface area contributed by atoms with E-state index in [-0.39, 0.29) is 11.6 Å². The van der Waals surface area contributed by atoms with Gasteiger partial charge in [-0.1, -0.05) is 41.9 Å². The molecule has 1 amide bonds. The Morgan fingerprint density at radius 1 is 0.929 bits per heavy atom. The first kappa shape index (κ1) is 17.9. The molecule has 0 saturated heterocycles. The van der Waals surface area contributed by atoms with Crippen LogP contribution < -0.4 is 5.32 Å². The lowest BCUT2D eigenvalue weighted by molar-refractivity contribution is 0.0947. The maximum Gasteiger partial charge on any atom is 0.274 e. The van der Waals surface area contributed by atoms with Crippen molar-refractivity contribution in [3.63, 3.8) is 0 Å². The standard InChI is InChI=1S/C22H16ClN3O2/c23-18-8-6-15(7-9-18)14-25-21(27)19-20(16-10-12-24-13-11-16)28-22(26-19)17-4-2-1-3-5-17/h1-13H,14H2,(H,25,27). The van der Waals surface area contributed by atoms with E-state index >= 15 is 0 Å². The van der Waals surface area contributed by atoms with Crippen LogP contribution in [0.4, 0.5) is 0 Å². The molecule has 0 saturated carbocycles. The van der Waals surface area contributed by atoms with E-state index in [1.807, 2.05) is 42.5 Å². The number of benzene rings is 2. The van der Waals surface area contributed by atoms with Crippen LogP contribution in [-0.2, 0) is 6.54 Å². The van der Waals surface area contributed by atoms with Crippen LogP contribution in [0.15, 0.2) is 83.5 Å². The minimum absolute atomic E-state index is 0.235. The average Bonchev–Trinajstić information content (AvgIpc) is 3.20. The first-order valence-corrected chi connectivity index (χ1v) is 9.08. The molecule has 0 unspecified atom stereocenters. The van der Waals surface area contributed by atoms with Gasteiger partial charge in [0.05, 0.1) is 0 Å². The van der Waals surface area contributed by atoms with Gasteiger partial charge in [-0.3, -0.25) is 9.78 Å². The molecule has 0 radical (unpaired) electrons. The number of hydrogen-bond donors (Lipinski definition) is 1. The first-order chi connectivity index (χ1) is 13.7. The lowest BCUT2D eigenvalue weighted by atomic mass is 10.1. The fourth-order valence-electron chi connectivity index (χ4n) is 2.75. The second-order valence-corrected chi connectivity index (χ2v) is 6.54. The second-order valence-electron chi connectivity index (χ2n) is 6.11. The Morgan fingerprint density at radius 2 is 1.64 bits per heavy atom. The number of carbonyl (C=O) groups is 1. The molecule has 2 aromatic carbocycles. The molecule has 0 fully saturated rings. The van der Waals surface area contributed by atoms with Gasteiger partial charge in [-0.15, -0.1) is 0 Å². The van der Waals surface area contributed by atoms with Gasteiger partial charge in [0.2, 0.25) is 5.89 Å². The Bertz CT molecular complexity index is 1080. The van der Waals surface area contributed by atoms with Crippen molar-refractivity contribution < 1.29 is 9.21 Å². The second kappa shape index (κ2) is 8.06. The van der Waals surface area contributed by atoms with Gasteiger partial charge in [0.25, 0.3) is 5.91 Å². The third-order valence-corrected chi connectivity index (χ3v) is 4.42. The molecular formula is C22H16ClN3O2. The van der Waals surface area contributed by atoms with E-state index in [1.165, 1.54) is 0 Å². The highest BCUT2D eigenvalue weighted by Gasteiger charge is 2.22. The number of oxazole rings is 1. The molecule has 138 valence electrons. The Labute approximate surface area is 167 Å². The van der Waals surface area contributed by atoms with Crippen LogP contribution in [0.25, 0.3) is 22.8 Å². The van der Waals surface area contributed by atoms with Crippen LogP contribution in [0.5, 0.6) is 0 Å². The fraction of sp³-hybridized carbons (Fsp3) is 0.0455. The molecule has 1 N–H and O–H groups in total. The molecule has 0 atom stereocenters. The summed E-state index contributed by atoms with van der Waals surface area (Å²) in [6.45, 7) is 0.360. The molecule has 0 aliphatic heterocycles. The Morgan fingerprint density at radius 3 is 2.36 bits per heavy atom. The van der Waals surface area contributed by atoms with Crippen LogP contribution in [0, 0.1) is 0 Å². The fourth-order valence-corrected chi connectivity index (χ4v) is 2.87. The van der Waals surface area contributed by atoms with Crippen molar-refractivity contribution in [2.45, 2.75) is 6.54 Å². The molecule has 0 aliphatic carbocycles. The number of rotatable bonds is 5. The Hall–Kier alpha value is -3.44. The number of carbonyl (C=O) groups excluding carboxylic acids is 1. The van der Waals surface area contributed by atoms with Crippen LogP contribution in [0.3, 0.4) is 0 Å². The topological polar surface area (TPSA) is 68.0 Å². The van der Waals surface area contributed by atoms with E-state index in [9.17, 15) is 4.79 Å². The van der Waals surface area contributed by atoms with Gasteiger partial charge in [-0.2, -0.15) is 0 Å². The van der Waals surface area contributed by atoms with E-state index in [0.29, 0.717) is 23.2 Å². The highest BCUT2D eigenvalue weighted by Crippen LogP contribution is 2.29. The number of nitrogens with one attached hydrogen (secondary N) is 1. The lowest BCUT2D eigenvalue weighted by Crippen LogP contribution is -2.23. The van der Waals surface area contributed by atoms with Crippen molar-refractivity contribution in [2.75, 3.05) is 0 Å². The van der Waals surface area contributed by atoms with Crippen LogP contribution in [0.1, 0.15) is 16.1 Å². The number of nitrogens with zero attached hydrogens (tertiary/aromatic N) is 2. The monoisotopic (exact) mass is 389 g/mol. The molecule has 2 aromatic heterocycles.